The average Bonchev–Trinajstić information content (AvgIpc) is 2.39. The van der Waals surface area contributed by atoms with Gasteiger partial charge in [0, 0.05) is 5.56 Å². The first-order valence-corrected chi connectivity index (χ1v) is 5.67. The van der Waals surface area contributed by atoms with Crippen molar-refractivity contribution in [3.05, 3.63) is 52.5 Å². The van der Waals surface area contributed by atoms with E-state index in [9.17, 15) is 9.90 Å². The maximum atomic E-state index is 10.8. The first-order valence-electron chi connectivity index (χ1n) is 5.30. The molecule has 5 heteroatoms. The van der Waals surface area contributed by atoms with E-state index in [1.54, 1.807) is 18.2 Å². The van der Waals surface area contributed by atoms with E-state index >= 15 is 0 Å². The van der Waals surface area contributed by atoms with Crippen LogP contribution in [-0.2, 0) is 0 Å². The molecular weight excluding hydrogens is 266 g/mol. The van der Waals surface area contributed by atoms with Gasteiger partial charge in [0.2, 0.25) is 0 Å². The van der Waals surface area contributed by atoms with Crippen molar-refractivity contribution < 1.29 is 15.0 Å². The van der Waals surface area contributed by atoms with Crippen LogP contribution < -0.4 is 0 Å². The number of hydrogen-bond donors (Lipinski definition) is 2. The van der Waals surface area contributed by atoms with E-state index in [1.807, 2.05) is 6.07 Å². The second-order valence-electron chi connectivity index (χ2n) is 3.82. The fourth-order valence-electron chi connectivity index (χ4n) is 1.69. The van der Waals surface area contributed by atoms with Crippen molar-refractivity contribution in [1.29, 1.82) is 5.26 Å². The van der Waals surface area contributed by atoms with Gasteiger partial charge in [0.05, 0.1) is 10.6 Å². The number of nitriles is 1. The molecule has 94 valence electrons. The minimum absolute atomic E-state index is 0.00137. The van der Waals surface area contributed by atoms with Crippen molar-refractivity contribution in [1.82, 2.24) is 0 Å². The predicted octanol–water partition coefficient (Wildman–Crippen LogP) is 3.28. The summed E-state index contributed by atoms with van der Waals surface area (Å²) in [7, 11) is 0. The lowest BCUT2D eigenvalue weighted by molar-refractivity contribution is 0.0697. The number of phenols is 1. The van der Waals surface area contributed by atoms with Crippen LogP contribution >= 0.6 is 11.6 Å². The number of carboxylic acids is 1. The van der Waals surface area contributed by atoms with E-state index in [-0.39, 0.29) is 21.9 Å². The van der Waals surface area contributed by atoms with E-state index in [0.29, 0.717) is 11.1 Å². The van der Waals surface area contributed by atoms with Gasteiger partial charge in [0.15, 0.2) is 0 Å². The second-order valence-corrected chi connectivity index (χ2v) is 4.19. The van der Waals surface area contributed by atoms with Crippen molar-refractivity contribution in [3.63, 3.8) is 0 Å². The topological polar surface area (TPSA) is 81.3 Å². The average molecular weight is 274 g/mol. The van der Waals surface area contributed by atoms with Gasteiger partial charge >= 0.3 is 5.97 Å². The third kappa shape index (κ3) is 2.37. The van der Waals surface area contributed by atoms with Crippen LogP contribution in [-0.4, -0.2) is 16.2 Å². The zero-order chi connectivity index (χ0) is 14.0. The second kappa shape index (κ2) is 5.01. The molecule has 2 aromatic rings. The summed E-state index contributed by atoms with van der Waals surface area (Å²) in [4.78, 5) is 10.8. The molecule has 0 saturated carbocycles. The molecule has 2 N–H and O–H groups in total. The van der Waals surface area contributed by atoms with Crippen molar-refractivity contribution in [2.45, 2.75) is 0 Å². The number of carboxylic acid groups (broad SMARTS) is 1. The molecule has 4 nitrogen and oxygen atoms in total. The first kappa shape index (κ1) is 12.9. The molecule has 0 amide bonds. The van der Waals surface area contributed by atoms with Crippen LogP contribution in [0.25, 0.3) is 11.1 Å². The number of nitrogens with zero attached hydrogens (tertiary/aromatic N) is 1. The summed E-state index contributed by atoms with van der Waals surface area (Å²) in [6.45, 7) is 0. The highest BCUT2D eigenvalue weighted by Gasteiger charge is 2.12. The van der Waals surface area contributed by atoms with Crippen LogP contribution in [0.3, 0.4) is 0 Å². The highest BCUT2D eigenvalue weighted by molar-refractivity contribution is 6.34. The lowest BCUT2D eigenvalue weighted by Gasteiger charge is -2.07. The SMILES string of the molecule is N#Cc1c(O)ccc(-c2ccc(C(=O)O)cc2)c1Cl. The van der Waals surface area contributed by atoms with Gasteiger partial charge in [0.25, 0.3) is 0 Å². The molecule has 0 spiro atoms. The molecule has 0 aliphatic carbocycles. The van der Waals surface area contributed by atoms with Crippen molar-refractivity contribution in [2.75, 3.05) is 0 Å². The predicted molar refractivity (Wildman–Crippen MR) is 70.2 cm³/mol. The number of carbonyl (C=O) groups is 1. The molecule has 0 aliphatic rings. The summed E-state index contributed by atoms with van der Waals surface area (Å²) >= 11 is 6.05. The summed E-state index contributed by atoms with van der Waals surface area (Å²) in [6, 6.07) is 10.9. The van der Waals surface area contributed by atoms with E-state index in [0.717, 1.165) is 0 Å². The summed E-state index contributed by atoms with van der Waals surface area (Å²) in [6.07, 6.45) is 0. The maximum Gasteiger partial charge on any atom is 0.335 e. The molecule has 2 rings (SSSR count). The number of halogens is 1. The number of benzene rings is 2. The number of rotatable bonds is 2. The smallest absolute Gasteiger partial charge is 0.335 e. The van der Waals surface area contributed by atoms with Crippen LogP contribution in [0.15, 0.2) is 36.4 Å². The van der Waals surface area contributed by atoms with Gasteiger partial charge < -0.3 is 10.2 Å². The fourth-order valence-corrected chi connectivity index (χ4v) is 2.00. The molecule has 0 atom stereocenters. The minimum atomic E-state index is -1.01. The Kier molecular flexibility index (Phi) is 3.41. The van der Waals surface area contributed by atoms with E-state index in [1.165, 1.54) is 18.2 Å². The molecule has 0 unspecified atom stereocenters. The largest absolute Gasteiger partial charge is 0.507 e. The van der Waals surface area contributed by atoms with Gasteiger partial charge in [-0.15, -0.1) is 0 Å². The van der Waals surface area contributed by atoms with E-state index in [4.69, 9.17) is 22.0 Å². The maximum absolute atomic E-state index is 10.8. The van der Waals surface area contributed by atoms with Gasteiger partial charge in [-0.1, -0.05) is 23.7 Å². The Morgan fingerprint density at radius 3 is 2.32 bits per heavy atom. The summed E-state index contributed by atoms with van der Waals surface area (Å²) in [5.41, 5.74) is 1.40. The Hall–Kier alpha value is -2.51. The monoisotopic (exact) mass is 273 g/mol. The first-order chi connectivity index (χ1) is 9.04. The Labute approximate surface area is 114 Å². The van der Waals surface area contributed by atoms with Gasteiger partial charge in [-0.25, -0.2) is 4.79 Å². The lowest BCUT2D eigenvalue weighted by Crippen LogP contribution is -1.95. The molecular formula is C14H8ClNO3. The van der Waals surface area contributed by atoms with E-state index in [2.05, 4.69) is 0 Å². The van der Waals surface area contributed by atoms with Crippen LogP contribution in [0, 0.1) is 11.3 Å². The number of phenolic OH excluding ortho intramolecular Hbond substituents is 1. The fraction of sp³-hybridized carbons (Fsp3) is 0. The van der Waals surface area contributed by atoms with Crippen molar-refractivity contribution in [3.8, 4) is 22.9 Å². The van der Waals surface area contributed by atoms with Crippen LogP contribution in [0.2, 0.25) is 5.02 Å². The van der Waals surface area contributed by atoms with Gasteiger partial charge in [0.1, 0.15) is 17.4 Å². The van der Waals surface area contributed by atoms with Crippen LogP contribution in [0.4, 0.5) is 0 Å². The van der Waals surface area contributed by atoms with Crippen molar-refractivity contribution >= 4 is 17.6 Å². The Morgan fingerprint density at radius 1 is 1.16 bits per heavy atom. The molecule has 0 fully saturated rings. The lowest BCUT2D eigenvalue weighted by atomic mass is 10.0. The van der Waals surface area contributed by atoms with Gasteiger partial charge in [-0.2, -0.15) is 5.26 Å². The standard InChI is InChI=1S/C14H8ClNO3/c15-13-10(5-6-12(17)11(13)7-16)8-1-3-9(4-2-8)14(18)19/h1-6,17H,(H,18,19). The number of aromatic carboxylic acids is 1. The highest BCUT2D eigenvalue weighted by atomic mass is 35.5. The van der Waals surface area contributed by atoms with Crippen LogP contribution in [0.5, 0.6) is 5.75 Å². The summed E-state index contributed by atoms with van der Waals surface area (Å²) in [5.74, 6) is -1.19. The third-order valence-electron chi connectivity index (χ3n) is 2.67. The van der Waals surface area contributed by atoms with E-state index < -0.39 is 5.97 Å². The molecule has 0 bridgehead atoms. The summed E-state index contributed by atoms with van der Waals surface area (Å²) in [5, 5.41) is 27.4. The third-order valence-corrected chi connectivity index (χ3v) is 3.07. The minimum Gasteiger partial charge on any atom is -0.507 e. The number of aromatic hydroxyl groups is 1. The van der Waals surface area contributed by atoms with Gasteiger partial charge in [-0.05, 0) is 29.8 Å². The normalized spacial score (nSPS) is 9.89. The summed E-state index contributed by atoms with van der Waals surface area (Å²) < 4.78 is 0. The molecule has 0 saturated heterocycles. The molecule has 2 aromatic carbocycles. The molecule has 0 heterocycles. The van der Waals surface area contributed by atoms with Crippen molar-refractivity contribution in [2.24, 2.45) is 0 Å². The Morgan fingerprint density at radius 2 is 1.79 bits per heavy atom. The Bertz CT molecular complexity index is 687. The van der Waals surface area contributed by atoms with Crippen LogP contribution in [0.1, 0.15) is 15.9 Å². The number of hydrogen-bond acceptors (Lipinski definition) is 3. The molecule has 0 radical (unpaired) electrons. The molecule has 0 aliphatic heterocycles. The Balaban J connectivity index is 2.54. The molecule has 19 heavy (non-hydrogen) atoms. The quantitative estimate of drug-likeness (QED) is 0.880. The zero-order valence-corrected chi connectivity index (χ0v) is 10.3. The zero-order valence-electron chi connectivity index (χ0n) is 9.59. The van der Waals surface area contributed by atoms with Gasteiger partial charge in [-0.3, -0.25) is 0 Å². The molecule has 0 aromatic heterocycles. The highest BCUT2D eigenvalue weighted by Crippen LogP contribution is 2.35.